The van der Waals surface area contributed by atoms with Gasteiger partial charge < -0.3 is 10.4 Å². The Balaban J connectivity index is 1.95. The molecule has 17 heavy (non-hydrogen) atoms. The maximum Gasteiger partial charge on any atom is 0.129 e. The van der Waals surface area contributed by atoms with Gasteiger partial charge >= 0.3 is 0 Å². The summed E-state index contributed by atoms with van der Waals surface area (Å²) in [5.74, 6) is 0.729. The molecule has 1 heterocycles. The minimum absolute atomic E-state index is 0.431. The van der Waals surface area contributed by atoms with Crippen LogP contribution in [0.15, 0.2) is 42.7 Å². The number of benzene rings is 1. The lowest BCUT2D eigenvalue weighted by molar-refractivity contribution is 0.191. The number of aliphatic hydroxyl groups excluding tert-OH is 1. The zero-order valence-corrected chi connectivity index (χ0v) is 9.67. The van der Waals surface area contributed by atoms with Crippen molar-refractivity contribution in [3.63, 3.8) is 0 Å². The maximum absolute atomic E-state index is 9.95. The van der Waals surface area contributed by atoms with Crippen LogP contribution in [0.25, 0.3) is 0 Å². The fourth-order valence-electron chi connectivity index (χ4n) is 1.55. The van der Waals surface area contributed by atoms with Crippen LogP contribution in [-0.2, 0) is 0 Å². The smallest absolute Gasteiger partial charge is 0.129 e. The summed E-state index contributed by atoms with van der Waals surface area (Å²) in [7, 11) is 0. The number of hydrogen-bond donors (Lipinski definition) is 2. The summed E-state index contributed by atoms with van der Waals surface area (Å²) < 4.78 is 0. The van der Waals surface area contributed by atoms with Crippen molar-refractivity contribution in [1.29, 1.82) is 0 Å². The number of rotatable bonds is 4. The Morgan fingerprint density at radius 1 is 1.24 bits per heavy atom. The van der Waals surface area contributed by atoms with Crippen molar-refractivity contribution in [2.24, 2.45) is 0 Å². The molecule has 88 valence electrons. The van der Waals surface area contributed by atoms with Crippen LogP contribution in [-0.4, -0.2) is 21.6 Å². The molecule has 2 aromatic rings. The van der Waals surface area contributed by atoms with E-state index in [9.17, 15) is 5.11 Å². The van der Waals surface area contributed by atoms with Crippen molar-refractivity contribution in [1.82, 2.24) is 9.97 Å². The number of nitrogens with zero attached hydrogens (tertiary/aromatic N) is 2. The Labute approximate surface area is 100 Å². The lowest BCUT2D eigenvalue weighted by atomic mass is 10.1. The van der Waals surface area contributed by atoms with Crippen LogP contribution in [0.4, 0.5) is 5.82 Å². The van der Waals surface area contributed by atoms with Gasteiger partial charge in [0.05, 0.1) is 6.10 Å². The lowest BCUT2D eigenvalue weighted by Gasteiger charge is -2.12. The number of anilines is 1. The third-order valence-corrected chi connectivity index (χ3v) is 2.46. The average molecular weight is 229 g/mol. The first-order valence-electron chi connectivity index (χ1n) is 5.51. The largest absolute Gasteiger partial charge is 0.387 e. The van der Waals surface area contributed by atoms with Gasteiger partial charge in [0, 0.05) is 18.3 Å². The molecule has 0 aliphatic rings. The molecule has 0 bridgehead atoms. The van der Waals surface area contributed by atoms with Gasteiger partial charge in [0.1, 0.15) is 12.1 Å². The van der Waals surface area contributed by atoms with Gasteiger partial charge in [0.2, 0.25) is 0 Å². The molecule has 0 aliphatic heterocycles. The Morgan fingerprint density at radius 3 is 2.71 bits per heavy atom. The van der Waals surface area contributed by atoms with E-state index >= 15 is 0 Å². The number of aromatic nitrogens is 2. The molecular formula is C13H15N3O. The molecule has 1 aromatic carbocycles. The molecule has 1 atom stereocenters. The second-order valence-electron chi connectivity index (χ2n) is 3.85. The van der Waals surface area contributed by atoms with E-state index in [1.54, 1.807) is 0 Å². The third kappa shape index (κ3) is 3.26. The van der Waals surface area contributed by atoms with Gasteiger partial charge in [-0.25, -0.2) is 9.97 Å². The summed E-state index contributed by atoms with van der Waals surface area (Å²) in [5, 5.41) is 13.0. The van der Waals surface area contributed by atoms with Gasteiger partial charge in [-0.3, -0.25) is 0 Å². The van der Waals surface area contributed by atoms with Crippen molar-refractivity contribution >= 4 is 5.82 Å². The first kappa shape index (κ1) is 11.5. The van der Waals surface area contributed by atoms with Crippen LogP contribution in [0, 0.1) is 6.92 Å². The number of hydrogen-bond acceptors (Lipinski definition) is 4. The Morgan fingerprint density at radius 2 is 2.00 bits per heavy atom. The highest BCUT2D eigenvalue weighted by molar-refractivity contribution is 5.35. The van der Waals surface area contributed by atoms with Gasteiger partial charge in [-0.1, -0.05) is 30.3 Å². The maximum atomic E-state index is 9.95. The van der Waals surface area contributed by atoms with Crippen LogP contribution in [0.3, 0.4) is 0 Å². The van der Waals surface area contributed by atoms with Crippen molar-refractivity contribution in [2.45, 2.75) is 13.0 Å². The first-order valence-corrected chi connectivity index (χ1v) is 5.51. The predicted octanol–water partition coefficient (Wildman–Crippen LogP) is 1.93. The standard InChI is InChI=1S/C13H15N3O/c1-10-7-13(16-9-15-10)14-8-12(17)11-5-3-2-4-6-11/h2-7,9,12,17H,8H2,1H3,(H,14,15,16). The van der Waals surface area contributed by atoms with Crippen LogP contribution < -0.4 is 5.32 Å². The highest BCUT2D eigenvalue weighted by atomic mass is 16.3. The van der Waals surface area contributed by atoms with Gasteiger partial charge in [-0.15, -0.1) is 0 Å². The molecule has 0 spiro atoms. The van der Waals surface area contributed by atoms with E-state index in [-0.39, 0.29) is 0 Å². The van der Waals surface area contributed by atoms with E-state index in [4.69, 9.17) is 0 Å². The molecule has 1 unspecified atom stereocenters. The molecule has 2 N–H and O–H groups in total. The van der Waals surface area contributed by atoms with Crippen LogP contribution in [0.2, 0.25) is 0 Å². The molecule has 0 saturated carbocycles. The Kier molecular flexibility index (Phi) is 3.67. The summed E-state index contributed by atoms with van der Waals surface area (Å²) in [4.78, 5) is 8.08. The SMILES string of the molecule is Cc1cc(NCC(O)c2ccccc2)ncn1. The molecular weight excluding hydrogens is 214 g/mol. The van der Waals surface area contributed by atoms with Gasteiger partial charge in [0.25, 0.3) is 0 Å². The Bertz CT molecular complexity index is 473. The minimum Gasteiger partial charge on any atom is -0.387 e. The molecule has 0 aliphatic carbocycles. The van der Waals surface area contributed by atoms with Crippen molar-refractivity contribution < 1.29 is 5.11 Å². The monoisotopic (exact) mass is 229 g/mol. The van der Waals surface area contributed by atoms with Crippen molar-refractivity contribution in [3.8, 4) is 0 Å². The van der Waals surface area contributed by atoms with Crippen LogP contribution >= 0.6 is 0 Å². The summed E-state index contributed by atoms with van der Waals surface area (Å²) in [6.45, 7) is 2.33. The first-order chi connectivity index (χ1) is 8.25. The van der Waals surface area contributed by atoms with E-state index in [0.29, 0.717) is 6.54 Å². The zero-order chi connectivity index (χ0) is 12.1. The minimum atomic E-state index is -0.536. The molecule has 4 heteroatoms. The summed E-state index contributed by atoms with van der Waals surface area (Å²) in [6, 6.07) is 11.4. The van der Waals surface area contributed by atoms with E-state index in [2.05, 4.69) is 15.3 Å². The van der Waals surface area contributed by atoms with Crippen LogP contribution in [0.1, 0.15) is 17.4 Å². The van der Waals surface area contributed by atoms with Crippen molar-refractivity contribution in [2.75, 3.05) is 11.9 Å². The van der Waals surface area contributed by atoms with Crippen LogP contribution in [0.5, 0.6) is 0 Å². The molecule has 2 rings (SSSR count). The second kappa shape index (κ2) is 5.41. The average Bonchev–Trinajstić information content (AvgIpc) is 2.37. The number of nitrogens with one attached hydrogen (secondary N) is 1. The van der Waals surface area contributed by atoms with Gasteiger partial charge in [0.15, 0.2) is 0 Å². The molecule has 4 nitrogen and oxygen atoms in total. The molecule has 0 saturated heterocycles. The normalized spacial score (nSPS) is 12.1. The summed E-state index contributed by atoms with van der Waals surface area (Å²) in [5.41, 5.74) is 1.79. The zero-order valence-electron chi connectivity index (χ0n) is 9.67. The topological polar surface area (TPSA) is 58.0 Å². The number of aryl methyl sites for hydroxylation is 1. The lowest BCUT2D eigenvalue weighted by Crippen LogP contribution is -2.13. The third-order valence-electron chi connectivity index (χ3n) is 2.46. The second-order valence-corrected chi connectivity index (χ2v) is 3.85. The molecule has 1 aromatic heterocycles. The Hall–Kier alpha value is -1.94. The fraction of sp³-hybridized carbons (Fsp3) is 0.231. The van der Waals surface area contributed by atoms with Gasteiger partial charge in [-0.05, 0) is 12.5 Å². The summed E-state index contributed by atoms with van der Waals surface area (Å²) in [6.07, 6.45) is 0.971. The molecule has 0 fully saturated rings. The molecule has 0 radical (unpaired) electrons. The fourth-order valence-corrected chi connectivity index (χ4v) is 1.55. The van der Waals surface area contributed by atoms with Crippen molar-refractivity contribution in [3.05, 3.63) is 54.0 Å². The van der Waals surface area contributed by atoms with E-state index < -0.39 is 6.10 Å². The van der Waals surface area contributed by atoms with E-state index in [0.717, 1.165) is 17.1 Å². The molecule has 0 amide bonds. The van der Waals surface area contributed by atoms with Gasteiger partial charge in [-0.2, -0.15) is 0 Å². The summed E-state index contributed by atoms with van der Waals surface area (Å²) >= 11 is 0. The highest BCUT2D eigenvalue weighted by Gasteiger charge is 2.06. The number of aliphatic hydroxyl groups is 1. The van der Waals surface area contributed by atoms with E-state index in [1.165, 1.54) is 6.33 Å². The quantitative estimate of drug-likeness (QED) is 0.841. The predicted molar refractivity (Wildman–Crippen MR) is 66.7 cm³/mol. The van der Waals surface area contributed by atoms with E-state index in [1.807, 2.05) is 43.3 Å². The highest BCUT2D eigenvalue weighted by Crippen LogP contribution is 2.13.